The minimum absolute atomic E-state index is 0.0116. The highest BCUT2D eigenvalue weighted by Gasteiger charge is 2.15. The molecule has 5 heteroatoms. The van der Waals surface area contributed by atoms with Gasteiger partial charge in [0.1, 0.15) is 0 Å². The van der Waals surface area contributed by atoms with E-state index < -0.39 is 6.10 Å². The Balaban J connectivity index is 1.58. The fourth-order valence-corrected chi connectivity index (χ4v) is 2.44. The number of aliphatic hydroxyl groups excluding tert-OH is 1. The highest BCUT2D eigenvalue weighted by atomic mass is 16.3. The maximum Gasteiger partial charge on any atom is 0.233 e. The van der Waals surface area contributed by atoms with Crippen molar-refractivity contribution in [2.45, 2.75) is 32.0 Å². The van der Waals surface area contributed by atoms with Crippen LogP contribution in [0, 0.1) is 0 Å². The number of nitrogens with zero attached hydrogens (tertiary/aromatic N) is 3. The van der Waals surface area contributed by atoms with Gasteiger partial charge in [-0.3, -0.25) is 4.40 Å². The smallest absolute Gasteiger partial charge is 0.233 e. The van der Waals surface area contributed by atoms with Gasteiger partial charge in [0.2, 0.25) is 5.78 Å². The molecule has 0 radical (unpaired) electrons. The van der Waals surface area contributed by atoms with E-state index in [0.29, 0.717) is 18.7 Å². The minimum Gasteiger partial charge on any atom is -0.391 e. The average molecular weight is 296 g/mol. The van der Waals surface area contributed by atoms with Crippen molar-refractivity contribution in [1.29, 1.82) is 0 Å². The third kappa shape index (κ3) is 3.32. The lowest BCUT2D eigenvalue weighted by Crippen LogP contribution is -2.38. The van der Waals surface area contributed by atoms with Gasteiger partial charge in [-0.25, -0.2) is 9.97 Å². The summed E-state index contributed by atoms with van der Waals surface area (Å²) >= 11 is 0. The van der Waals surface area contributed by atoms with Crippen molar-refractivity contribution in [2.75, 3.05) is 0 Å². The van der Waals surface area contributed by atoms with Gasteiger partial charge >= 0.3 is 0 Å². The quantitative estimate of drug-likeness (QED) is 0.728. The molecule has 2 unspecified atom stereocenters. The molecule has 0 aliphatic heterocycles. The molecule has 1 aromatic carbocycles. The van der Waals surface area contributed by atoms with E-state index in [0.717, 1.165) is 11.3 Å². The summed E-state index contributed by atoms with van der Waals surface area (Å²) in [5.74, 6) is 0.691. The van der Waals surface area contributed by atoms with Gasteiger partial charge in [-0.1, -0.05) is 30.3 Å². The molecule has 3 rings (SSSR count). The van der Waals surface area contributed by atoms with Crippen LogP contribution < -0.4 is 5.32 Å². The Bertz CT molecular complexity index is 726. The number of fused-ring (bicyclic) bond motifs is 1. The molecule has 2 atom stereocenters. The molecule has 0 aliphatic carbocycles. The van der Waals surface area contributed by atoms with Crippen LogP contribution in [0.5, 0.6) is 0 Å². The lowest BCUT2D eigenvalue weighted by Gasteiger charge is -2.20. The van der Waals surface area contributed by atoms with Gasteiger partial charge in [0.05, 0.1) is 18.0 Å². The van der Waals surface area contributed by atoms with Crippen molar-refractivity contribution in [2.24, 2.45) is 0 Å². The average Bonchev–Trinajstić information content (AvgIpc) is 2.97. The van der Waals surface area contributed by atoms with Crippen molar-refractivity contribution in [3.63, 3.8) is 0 Å². The van der Waals surface area contributed by atoms with Crippen LogP contribution in [0.3, 0.4) is 0 Å². The Labute approximate surface area is 129 Å². The lowest BCUT2D eigenvalue weighted by atomic mass is 10.0. The second-order valence-corrected chi connectivity index (χ2v) is 5.47. The SMILES string of the molecule is CC(NCc1cnc2ncccn12)C(O)Cc1ccccc1. The van der Waals surface area contributed by atoms with E-state index in [9.17, 15) is 5.11 Å². The molecule has 0 saturated heterocycles. The van der Waals surface area contributed by atoms with Gasteiger partial charge in [-0.15, -0.1) is 0 Å². The Morgan fingerprint density at radius 1 is 1.18 bits per heavy atom. The van der Waals surface area contributed by atoms with Crippen LogP contribution in [0.15, 0.2) is 55.0 Å². The van der Waals surface area contributed by atoms with Gasteiger partial charge in [0.15, 0.2) is 0 Å². The van der Waals surface area contributed by atoms with Crippen LogP contribution in [0.2, 0.25) is 0 Å². The van der Waals surface area contributed by atoms with Gasteiger partial charge < -0.3 is 10.4 Å². The van der Waals surface area contributed by atoms with Gasteiger partial charge in [0.25, 0.3) is 0 Å². The third-order valence-corrected chi connectivity index (χ3v) is 3.84. The molecule has 0 bridgehead atoms. The zero-order chi connectivity index (χ0) is 15.4. The summed E-state index contributed by atoms with van der Waals surface area (Å²) in [6.45, 7) is 2.63. The third-order valence-electron chi connectivity index (χ3n) is 3.84. The molecule has 114 valence electrons. The number of nitrogens with one attached hydrogen (secondary N) is 1. The molecule has 22 heavy (non-hydrogen) atoms. The van der Waals surface area contributed by atoms with E-state index in [-0.39, 0.29) is 6.04 Å². The first-order valence-electron chi connectivity index (χ1n) is 7.46. The lowest BCUT2D eigenvalue weighted by molar-refractivity contribution is 0.133. The highest BCUT2D eigenvalue weighted by Crippen LogP contribution is 2.08. The van der Waals surface area contributed by atoms with E-state index in [2.05, 4.69) is 15.3 Å². The van der Waals surface area contributed by atoms with E-state index in [1.165, 1.54) is 0 Å². The largest absolute Gasteiger partial charge is 0.391 e. The maximum atomic E-state index is 10.3. The molecule has 2 N–H and O–H groups in total. The second-order valence-electron chi connectivity index (χ2n) is 5.47. The standard InChI is InChI=1S/C17H20N4O/c1-13(16(22)10-14-6-3-2-4-7-14)19-11-15-12-20-17-18-8-5-9-21(15)17/h2-9,12-13,16,19,22H,10-11H2,1H3. The van der Waals surface area contributed by atoms with Crippen molar-refractivity contribution in [3.8, 4) is 0 Å². The van der Waals surface area contributed by atoms with Crippen LogP contribution in [0.1, 0.15) is 18.2 Å². The van der Waals surface area contributed by atoms with Gasteiger partial charge in [0, 0.05) is 25.0 Å². The predicted molar refractivity (Wildman–Crippen MR) is 85.4 cm³/mol. The number of aromatic nitrogens is 3. The summed E-state index contributed by atoms with van der Waals surface area (Å²) < 4.78 is 1.95. The Morgan fingerprint density at radius 2 is 2.00 bits per heavy atom. The van der Waals surface area contributed by atoms with Crippen molar-refractivity contribution >= 4 is 5.78 Å². The number of aliphatic hydroxyl groups is 1. The normalized spacial score (nSPS) is 14.1. The molecule has 0 aliphatic rings. The molecule has 0 fully saturated rings. The van der Waals surface area contributed by atoms with Crippen molar-refractivity contribution in [3.05, 3.63) is 66.2 Å². The summed E-state index contributed by atoms with van der Waals surface area (Å²) in [6.07, 6.45) is 5.69. The summed E-state index contributed by atoms with van der Waals surface area (Å²) in [5.41, 5.74) is 2.17. The number of rotatable bonds is 6. The Kier molecular flexibility index (Phi) is 4.46. The molecule has 0 saturated carbocycles. The monoisotopic (exact) mass is 296 g/mol. The van der Waals surface area contributed by atoms with E-state index in [1.807, 2.05) is 60.1 Å². The molecule has 3 aromatic rings. The maximum absolute atomic E-state index is 10.3. The fraction of sp³-hybridized carbons (Fsp3) is 0.294. The highest BCUT2D eigenvalue weighted by molar-refractivity contribution is 5.30. The van der Waals surface area contributed by atoms with Crippen molar-refractivity contribution < 1.29 is 5.11 Å². The summed E-state index contributed by atoms with van der Waals surface area (Å²) in [4.78, 5) is 8.45. The molecular formula is C17H20N4O. The molecule has 5 nitrogen and oxygen atoms in total. The number of hydrogen-bond donors (Lipinski definition) is 2. The second kappa shape index (κ2) is 6.68. The van der Waals surface area contributed by atoms with Crippen LogP contribution in [-0.4, -0.2) is 31.6 Å². The zero-order valence-electron chi connectivity index (χ0n) is 12.6. The van der Waals surface area contributed by atoms with E-state index >= 15 is 0 Å². The van der Waals surface area contributed by atoms with Crippen molar-refractivity contribution in [1.82, 2.24) is 19.7 Å². The molecule has 2 aromatic heterocycles. The number of imidazole rings is 1. The van der Waals surface area contributed by atoms with Gasteiger partial charge in [-0.05, 0) is 25.0 Å². The van der Waals surface area contributed by atoms with Crippen LogP contribution in [0.25, 0.3) is 5.78 Å². The van der Waals surface area contributed by atoms with Crippen LogP contribution in [-0.2, 0) is 13.0 Å². The fourth-order valence-electron chi connectivity index (χ4n) is 2.44. The zero-order valence-corrected chi connectivity index (χ0v) is 12.6. The van der Waals surface area contributed by atoms with Crippen LogP contribution >= 0.6 is 0 Å². The first kappa shape index (κ1) is 14.7. The summed E-state index contributed by atoms with van der Waals surface area (Å²) in [5, 5.41) is 13.7. The Morgan fingerprint density at radius 3 is 2.82 bits per heavy atom. The van der Waals surface area contributed by atoms with E-state index in [4.69, 9.17) is 0 Å². The summed E-state index contributed by atoms with van der Waals surface area (Å²) in [7, 11) is 0. The number of hydrogen-bond acceptors (Lipinski definition) is 4. The molecule has 2 heterocycles. The van der Waals surface area contributed by atoms with E-state index in [1.54, 1.807) is 6.20 Å². The molecule has 0 spiro atoms. The summed E-state index contributed by atoms with van der Waals surface area (Å²) in [6, 6.07) is 11.9. The molecule has 0 amide bonds. The Hall–Kier alpha value is -2.24. The predicted octanol–water partition coefficient (Wildman–Crippen LogP) is 1.81. The van der Waals surface area contributed by atoms with Crippen LogP contribution in [0.4, 0.5) is 0 Å². The first-order chi connectivity index (χ1) is 10.7. The van der Waals surface area contributed by atoms with Gasteiger partial charge in [-0.2, -0.15) is 0 Å². The minimum atomic E-state index is -0.431. The number of benzene rings is 1. The molecular weight excluding hydrogens is 276 g/mol. The topological polar surface area (TPSA) is 62.5 Å². The first-order valence-corrected chi connectivity index (χ1v) is 7.46.